The van der Waals surface area contributed by atoms with E-state index in [-0.39, 0.29) is 0 Å². The second kappa shape index (κ2) is 3.75. The van der Waals surface area contributed by atoms with Crippen LogP contribution in [0.2, 0.25) is 0 Å². The van der Waals surface area contributed by atoms with E-state index in [1.165, 1.54) is 11.3 Å². The molecule has 5 heteroatoms. The number of aromatic nitrogens is 2. The van der Waals surface area contributed by atoms with Gasteiger partial charge in [0.05, 0.1) is 5.56 Å². The molecule has 0 unspecified atom stereocenters. The summed E-state index contributed by atoms with van der Waals surface area (Å²) in [6.07, 6.45) is 0. The second-order valence-electron chi connectivity index (χ2n) is 3.42. The van der Waals surface area contributed by atoms with Crippen molar-refractivity contribution >= 4 is 11.3 Å². The monoisotopic (exact) mass is 223 g/mol. The molecule has 4 nitrogen and oxygen atoms in total. The Balaban J connectivity index is 2.53. The van der Waals surface area contributed by atoms with E-state index < -0.39 is 0 Å². The molecule has 0 saturated carbocycles. The van der Waals surface area contributed by atoms with Crippen molar-refractivity contribution in [2.75, 3.05) is 0 Å². The van der Waals surface area contributed by atoms with Gasteiger partial charge in [-0.05, 0) is 20.8 Å². The first-order valence-corrected chi connectivity index (χ1v) is 5.54. The van der Waals surface area contributed by atoms with Crippen LogP contribution in [-0.4, -0.2) is 10.2 Å². The third-order valence-electron chi connectivity index (χ3n) is 2.42. The molecule has 0 amide bonds. The molecular formula is C10H13N3OS. The fraction of sp³-hybridized carbons (Fsp3) is 0.400. The Labute approximate surface area is 92.1 Å². The molecule has 2 heterocycles. The SMILES string of the molecule is Cc1oc(C)c(-c2nnc(CN)s2)c1C. The normalized spacial score (nSPS) is 10.9. The molecule has 0 spiro atoms. The van der Waals surface area contributed by atoms with Crippen molar-refractivity contribution in [2.45, 2.75) is 27.3 Å². The van der Waals surface area contributed by atoms with Crippen LogP contribution in [0.1, 0.15) is 22.1 Å². The average Bonchev–Trinajstić information content (AvgIpc) is 2.74. The number of nitrogens with zero attached hydrogens (tertiary/aromatic N) is 2. The van der Waals surface area contributed by atoms with Crippen molar-refractivity contribution in [1.82, 2.24) is 10.2 Å². The highest BCUT2D eigenvalue weighted by Crippen LogP contribution is 2.33. The Kier molecular flexibility index (Phi) is 2.58. The lowest BCUT2D eigenvalue weighted by Gasteiger charge is -1.92. The lowest BCUT2D eigenvalue weighted by molar-refractivity contribution is 0.503. The minimum absolute atomic E-state index is 0.437. The Morgan fingerprint density at radius 1 is 1.20 bits per heavy atom. The maximum Gasteiger partial charge on any atom is 0.151 e. The van der Waals surface area contributed by atoms with Crippen molar-refractivity contribution in [3.8, 4) is 10.6 Å². The van der Waals surface area contributed by atoms with Crippen LogP contribution in [0.3, 0.4) is 0 Å². The van der Waals surface area contributed by atoms with Crippen molar-refractivity contribution < 1.29 is 4.42 Å². The number of furan rings is 1. The van der Waals surface area contributed by atoms with E-state index in [4.69, 9.17) is 10.2 Å². The van der Waals surface area contributed by atoms with Gasteiger partial charge in [0.1, 0.15) is 16.5 Å². The minimum Gasteiger partial charge on any atom is -0.466 e. The number of hydrogen-bond donors (Lipinski definition) is 1. The third kappa shape index (κ3) is 1.68. The van der Waals surface area contributed by atoms with E-state index in [0.29, 0.717) is 6.54 Å². The van der Waals surface area contributed by atoms with Crippen LogP contribution in [0.25, 0.3) is 10.6 Å². The van der Waals surface area contributed by atoms with Crippen LogP contribution < -0.4 is 5.73 Å². The van der Waals surface area contributed by atoms with Crippen LogP contribution in [0, 0.1) is 20.8 Å². The van der Waals surface area contributed by atoms with Gasteiger partial charge in [-0.2, -0.15) is 0 Å². The third-order valence-corrected chi connectivity index (χ3v) is 3.38. The molecular weight excluding hydrogens is 210 g/mol. The highest BCUT2D eigenvalue weighted by molar-refractivity contribution is 7.14. The summed E-state index contributed by atoms with van der Waals surface area (Å²) in [4.78, 5) is 0. The zero-order valence-corrected chi connectivity index (χ0v) is 9.81. The maximum atomic E-state index is 5.55. The zero-order chi connectivity index (χ0) is 11.0. The molecule has 2 aromatic heterocycles. The van der Waals surface area contributed by atoms with Gasteiger partial charge in [0.25, 0.3) is 0 Å². The van der Waals surface area contributed by atoms with Crippen molar-refractivity contribution in [1.29, 1.82) is 0 Å². The fourth-order valence-corrected chi connectivity index (χ4v) is 2.41. The summed E-state index contributed by atoms with van der Waals surface area (Å²) in [5, 5.41) is 9.87. The summed E-state index contributed by atoms with van der Waals surface area (Å²) in [6, 6.07) is 0. The summed E-state index contributed by atoms with van der Waals surface area (Å²) in [5.74, 6) is 1.83. The standard InChI is InChI=1S/C10H13N3OS/c1-5-6(2)14-7(3)9(5)10-13-12-8(4-11)15-10/h4,11H2,1-3H3. The fourth-order valence-electron chi connectivity index (χ4n) is 1.55. The van der Waals surface area contributed by atoms with Crippen molar-refractivity contribution in [3.05, 3.63) is 22.1 Å². The maximum absolute atomic E-state index is 5.55. The lowest BCUT2D eigenvalue weighted by Crippen LogP contribution is -1.94. The van der Waals surface area contributed by atoms with Gasteiger partial charge in [-0.15, -0.1) is 10.2 Å². The molecule has 0 aliphatic rings. The Morgan fingerprint density at radius 2 is 1.93 bits per heavy atom. The molecule has 0 atom stereocenters. The molecule has 0 radical (unpaired) electrons. The molecule has 0 aliphatic carbocycles. The predicted octanol–water partition coefficient (Wildman–Crippen LogP) is 2.18. The molecule has 2 rings (SSSR count). The summed E-state index contributed by atoms with van der Waals surface area (Å²) >= 11 is 1.52. The summed E-state index contributed by atoms with van der Waals surface area (Å²) < 4.78 is 5.55. The predicted molar refractivity (Wildman–Crippen MR) is 59.7 cm³/mol. The van der Waals surface area contributed by atoms with Crippen LogP contribution >= 0.6 is 11.3 Å². The zero-order valence-electron chi connectivity index (χ0n) is 9.00. The Morgan fingerprint density at radius 3 is 2.40 bits per heavy atom. The van der Waals surface area contributed by atoms with Gasteiger partial charge < -0.3 is 10.2 Å². The van der Waals surface area contributed by atoms with Gasteiger partial charge in [0.2, 0.25) is 0 Å². The van der Waals surface area contributed by atoms with Gasteiger partial charge in [-0.3, -0.25) is 0 Å². The number of rotatable bonds is 2. The first-order valence-electron chi connectivity index (χ1n) is 4.73. The first kappa shape index (κ1) is 10.3. The van der Waals surface area contributed by atoms with Crippen LogP contribution in [0.5, 0.6) is 0 Å². The van der Waals surface area contributed by atoms with Gasteiger partial charge in [-0.25, -0.2) is 0 Å². The summed E-state index contributed by atoms with van der Waals surface area (Å²) in [5.41, 5.74) is 7.70. The molecule has 0 aromatic carbocycles. The molecule has 0 bridgehead atoms. The molecule has 15 heavy (non-hydrogen) atoms. The van der Waals surface area contributed by atoms with Gasteiger partial charge in [0.15, 0.2) is 5.01 Å². The van der Waals surface area contributed by atoms with Gasteiger partial charge >= 0.3 is 0 Å². The molecule has 0 aliphatic heterocycles. The van der Waals surface area contributed by atoms with Gasteiger partial charge in [-0.1, -0.05) is 11.3 Å². The largest absolute Gasteiger partial charge is 0.466 e. The van der Waals surface area contributed by atoms with E-state index in [2.05, 4.69) is 10.2 Å². The second-order valence-corrected chi connectivity index (χ2v) is 4.48. The number of nitrogens with two attached hydrogens (primary N) is 1. The van der Waals surface area contributed by atoms with Crippen LogP contribution in [0.15, 0.2) is 4.42 Å². The molecule has 0 saturated heterocycles. The van der Waals surface area contributed by atoms with E-state index in [9.17, 15) is 0 Å². The molecule has 80 valence electrons. The number of aryl methyl sites for hydroxylation is 2. The van der Waals surface area contributed by atoms with Crippen molar-refractivity contribution in [3.63, 3.8) is 0 Å². The first-order chi connectivity index (χ1) is 7.13. The Bertz CT molecular complexity index is 487. The quantitative estimate of drug-likeness (QED) is 0.847. The smallest absolute Gasteiger partial charge is 0.151 e. The summed E-state index contributed by atoms with van der Waals surface area (Å²) in [7, 11) is 0. The van der Waals surface area contributed by atoms with E-state index in [1.54, 1.807) is 0 Å². The number of hydrogen-bond acceptors (Lipinski definition) is 5. The lowest BCUT2D eigenvalue weighted by atomic mass is 10.1. The molecule has 2 N–H and O–H groups in total. The van der Waals surface area contributed by atoms with E-state index >= 15 is 0 Å². The molecule has 2 aromatic rings. The average molecular weight is 223 g/mol. The highest BCUT2D eigenvalue weighted by atomic mass is 32.1. The Hall–Kier alpha value is -1.20. The van der Waals surface area contributed by atoms with E-state index in [1.807, 2.05) is 20.8 Å². The highest BCUT2D eigenvalue weighted by Gasteiger charge is 2.16. The molecule has 0 fully saturated rings. The van der Waals surface area contributed by atoms with Crippen LogP contribution in [-0.2, 0) is 6.54 Å². The van der Waals surface area contributed by atoms with E-state index in [0.717, 1.165) is 32.7 Å². The summed E-state index contributed by atoms with van der Waals surface area (Å²) in [6.45, 7) is 6.37. The topological polar surface area (TPSA) is 64.9 Å². The van der Waals surface area contributed by atoms with Crippen molar-refractivity contribution in [2.24, 2.45) is 5.73 Å². The van der Waals surface area contributed by atoms with Crippen LogP contribution in [0.4, 0.5) is 0 Å². The van der Waals surface area contributed by atoms with Gasteiger partial charge in [0, 0.05) is 12.1 Å². The minimum atomic E-state index is 0.437.